The van der Waals surface area contributed by atoms with Gasteiger partial charge in [-0.1, -0.05) is 54.2 Å². The zero-order valence-electron chi connectivity index (χ0n) is 18.9. The zero-order valence-corrected chi connectivity index (χ0v) is 19.7. The molecule has 166 valence electrons. The Hall–Kier alpha value is -3.90. The summed E-state index contributed by atoms with van der Waals surface area (Å²) >= 11 is 1.46. The Morgan fingerprint density at radius 1 is 0.853 bits per heavy atom. The van der Waals surface area contributed by atoms with Crippen LogP contribution in [-0.4, -0.2) is 30.5 Å². The standard InChI is InChI=1S/C28H22N4OS/c1-18-16-22(19(2)31(18)20-10-4-3-5-11-20)26(33)17-34-28-30-23-13-7-6-12-21(23)27-29-24-14-8-9-15-25(24)32(27)28/h3-16H,17H2,1-2H3. The molecule has 0 aliphatic rings. The van der Waals surface area contributed by atoms with Crippen molar-refractivity contribution in [2.75, 3.05) is 5.75 Å². The van der Waals surface area contributed by atoms with Crippen LogP contribution in [-0.2, 0) is 0 Å². The molecule has 0 atom stereocenters. The summed E-state index contributed by atoms with van der Waals surface area (Å²) in [6.07, 6.45) is 0. The number of hydrogen-bond donors (Lipinski definition) is 0. The maximum Gasteiger partial charge on any atom is 0.175 e. The third kappa shape index (κ3) is 3.30. The second-order valence-electron chi connectivity index (χ2n) is 8.34. The van der Waals surface area contributed by atoms with Gasteiger partial charge in [-0.25, -0.2) is 9.97 Å². The number of para-hydroxylation sites is 4. The molecule has 0 aliphatic heterocycles. The van der Waals surface area contributed by atoms with Gasteiger partial charge in [0.1, 0.15) is 5.65 Å². The highest BCUT2D eigenvalue weighted by Gasteiger charge is 2.19. The van der Waals surface area contributed by atoms with Gasteiger partial charge in [0.2, 0.25) is 0 Å². The van der Waals surface area contributed by atoms with E-state index < -0.39 is 0 Å². The van der Waals surface area contributed by atoms with E-state index in [1.54, 1.807) is 0 Å². The van der Waals surface area contributed by atoms with Gasteiger partial charge in [-0.15, -0.1) is 0 Å². The molecule has 0 N–H and O–H groups in total. The van der Waals surface area contributed by atoms with Crippen molar-refractivity contribution in [2.24, 2.45) is 0 Å². The Kier molecular flexibility index (Phi) is 4.96. The van der Waals surface area contributed by atoms with E-state index in [1.165, 1.54) is 11.8 Å². The first kappa shape index (κ1) is 20.7. The van der Waals surface area contributed by atoms with Gasteiger partial charge in [0.25, 0.3) is 0 Å². The van der Waals surface area contributed by atoms with Crippen molar-refractivity contribution in [1.82, 2.24) is 18.9 Å². The number of hydrogen-bond acceptors (Lipinski definition) is 4. The maximum atomic E-state index is 13.4. The van der Waals surface area contributed by atoms with Gasteiger partial charge < -0.3 is 4.57 Å². The number of Topliss-reactive ketones (excluding diaryl/α,β-unsaturated/α-hetero) is 1. The van der Waals surface area contributed by atoms with E-state index in [-0.39, 0.29) is 5.78 Å². The van der Waals surface area contributed by atoms with Crippen LogP contribution in [0.25, 0.3) is 33.3 Å². The number of imidazole rings is 1. The fourth-order valence-corrected chi connectivity index (χ4v) is 5.53. The molecule has 0 saturated carbocycles. The lowest BCUT2D eigenvalue weighted by atomic mass is 10.2. The van der Waals surface area contributed by atoms with Gasteiger partial charge in [0, 0.05) is 28.0 Å². The van der Waals surface area contributed by atoms with Crippen LogP contribution in [0.15, 0.2) is 90.1 Å². The van der Waals surface area contributed by atoms with E-state index in [0.29, 0.717) is 5.75 Å². The predicted molar refractivity (Wildman–Crippen MR) is 138 cm³/mol. The summed E-state index contributed by atoms with van der Waals surface area (Å²) in [5, 5.41) is 1.77. The Balaban J connectivity index is 1.39. The molecule has 0 saturated heterocycles. The Morgan fingerprint density at radius 3 is 2.38 bits per heavy atom. The third-order valence-corrected chi connectivity index (χ3v) is 7.13. The number of thioether (sulfide) groups is 1. The van der Waals surface area contributed by atoms with E-state index in [2.05, 4.69) is 21.1 Å². The quantitative estimate of drug-likeness (QED) is 0.169. The van der Waals surface area contributed by atoms with Crippen molar-refractivity contribution in [3.05, 3.63) is 102 Å². The number of nitrogens with zero attached hydrogens (tertiary/aromatic N) is 4. The van der Waals surface area contributed by atoms with Crippen molar-refractivity contribution >= 4 is 45.1 Å². The first-order valence-electron chi connectivity index (χ1n) is 11.2. The highest BCUT2D eigenvalue weighted by molar-refractivity contribution is 7.99. The van der Waals surface area contributed by atoms with E-state index in [9.17, 15) is 4.79 Å². The van der Waals surface area contributed by atoms with Crippen LogP contribution in [0.1, 0.15) is 21.7 Å². The van der Waals surface area contributed by atoms with E-state index in [0.717, 1.165) is 55.4 Å². The van der Waals surface area contributed by atoms with Crippen LogP contribution in [0.5, 0.6) is 0 Å². The number of aromatic nitrogens is 4. The Morgan fingerprint density at radius 2 is 1.56 bits per heavy atom. The van der Waals surface area contributed by atoms with Gasteiger partial charge in [0.05, 0.1) is 22.3 Å². The molecule has 0 amide bonds. The molecule has 6 rings (SSSR count). The molecule has 34 heavy (non-hydrogen) atoms. The maximum absolute atomic E-state index is 13.4. The first-order chi connectivity index (χ1) is 16.6. The second kappa shape index (κ2) is 8.15. The fourth-order valence-electron chi connectivity index (χ4n) is 4.64. The number of carbonyl (C=O) groups is 1. The van der Waals surface area contributed by atoms with Crippen molar-refractivity contribution < 1.29 is 4.79 Å². The minimum Gasteiger partial charge on any atom is -0.318 e. The molecule has 0 unspecified atom stereocenters. The SMILES string of the molecule is Cc1cc(C(=O)CSc2nc3ccccc3c3nc4ccccc4n23)c(C)n1-c1ccccc1. The first-order valence-corrected chi connectivity index (χ1v) is 12.2. The average molecular weight is 463 g/mol. The molecular weight excluding hydrogens is 440 g/mol. The smallest absolute Gasteiger partial charge is 0.175 e. The van der Waals surface area contributed by atoms with Crippen molar-refractivity contribution in [3.8, 4) is 5.69 Å². The summed E-state index contributed by atoms with van der Waals surface area (Å²) < 4.78 is 4.20. The highest BCUT2D eigenvalue weighted by atomic mass is 32.2. The molecular formula is C28H22N4OS. The number of fused-ring (bicyclic) bond motifs is 5. The van der Waals surface area contributed by atoms with E-state index >= 15 is 0 Å². The fraction of sp³-hybridized carbons (Fsp3) is 0.107. The van der Waals surface area contributed by atoms with E-state index in [1.807, 2.05) is 86.6 Å². The molecule has 6 aromatic rings. The van der Waals surface area contributed by atoms with Crippen LogP contribution >= 0.6 is 11.8 Å². The summed E-state index contributed by atoms with van der Waals surface area (Å²) in [6, 6.07) is 28.2. The number of benzene rings is 3. The summed E-state index contributed by atoms with van der Waals surface area (Å²) in [7, 11) is 0. The predicted octanol–water partition coefficient (Wildman–Crippen LogP) is 6.42. The molecule has 3 aromatic carbocycles. The highest BCUT2D eigenvalue weighted by Crippen LogP contribution is 2.30. The van der Waals surface area contributed by atoms with E-state index in [4.69, 9.17) is 9.97 Å². The van der Waals surface area contributed by atoms with Gasteiger partial charge in [-0.3, -0.25) is 9.20 Å². The van der Waals surface area contributed by atoms with Crippen LogP contribution < -0.4 is 0 Å². The number of ketones is 1. The number of rotatable bonds is 5. The second-order valence-corrected chi connectivity index (χ2v) is 9.28. The lowest BCUT2D eigenvalue weighted by Crippen LogP contribution is -2.07. The molecule has 0 radical (unpaired) electrons. The zero-order chi connectivity index (χ0) is 23.2. The molecule has 3 heterocycles. The summed E-state index contributed by atoms with van der Waals surface area (Å²) in [4.78, 5) is 23.1. The topological polar surface area (TPSA) is 52.2 Å². The van der Waals surface area contributed by atoms with Crippen molar-refractivity contribution in [2.45, 2.75) is 19.0 Å². The van der Waals surface area contributed by atoms with Crippen molar-refractivity contribution in [1.29, 1.82) is 0 Å². The summed E-state index contributed by atoms with van der Waals surface area (Å²) in [5.41, 5.74) is 7.47. The largest absolute Gasteiger partial charge is 0.318 e. The molecule has 0 bridgehead atoms. The lowest BCUT2D eigenvalue weighted by Gasteiger charge is -2.10. The normalized spacial score (nSPS) is 11.6. The van der Waals surface area contributed by atoms with Crippen LogP contribution in [0.2, 0.25) is 0 Å². The molecule has 3 aromatic heterocycles. The minimum absolute atomic E-state index is 0.0906. The van der Waals surface area contributed by atoms with Gasteiger partial charge in [0.15, 0.2) is 10.9 Å². The van der Waals surface area contributed by atoms with Crippen LogP contribution in [0.4, 0.5) is 0 Å². The van der Waals surface area contributed by atoms with Crippen molar-refractivity contribution in [3.63, 3.8) is 0 Å². The third-order valence-electron chi connectivity index (χ3n) is 6.19. The monoisotopic (exact) mass is 462 g/mol. The molecule has 5 nitrogen and oxygen atoms in total. The van der Waals surface area contributed by atoms with Gasteiger partial charge in [-0.2, -0.15) is 0 Å². The molecule has 0 fully saturated rings. The minimum atomic E-state index is 0.0906. The molecule has 0 aliphatic carbocycles. The number of carbonyl (C=O) groups excluding carboxylic acids is 1. The average Bonchev–Trinajstić information content (AvgIpc) is 3.40. The number of aryl methyl sites for hydroxylation is 1. The van der Waals surface area contributed by atoms with Gasteiger partial charge >= 0.3 is 0 Å². The summed E-state index contributed by atoms with van der Waals surface area (Å²) in [5.74, 6) is 0.388. The Bertz CT molecular complexity index is 1700. The summed E-state index contributed by atoms with van der Waals surface area (Å²) in [6.45, 7) is 4.05. The van der Waals surface area contributed by atoms with Crippen LogP contribution in [0.3, 0.4) is 0 Å². The molecule has 0 spiro atoms. The lowest BCUT2D eigenvalue weighted by molar-refractivity contribution is 0.102. The van der Waals surface area contributed by atoms with Gasteiger partial charge in [-0.05, 0) is 56.3 Å². The Labute approximate surface area is 201 Å². The molecule has 6 heteroatoms. The van der Waals surface area contributed by atoms with Crippen LogP contribution in [0, 0.1) is 13.8 Å².